The lowest BCUT2D eigenvalue weighted by Crippen LogP contribution is -2.50. The zero-order valence-electron chi connectivity index (χ0n) is 23.2. The van der Waals surface area contributed by atoms with Crippen molar-refractivity contribution in [2.45, 2.75) is 52.6 Å². The fourth-order valence-electron chi connectivity index (χ4n) is 4.56. The number of aromatic nitrogens is 2. The van der Waals surface area contributed by atoms with Gasteiger partial charge in [0.05, 0.1) is 6.42 Å². The average molecular weight is 531 g/mol. The number of anilines is 3. The summed E-state index contributed by atoms with van der Waals surface area (Å²) in [5.74, 6) is 0.209. The van der Waals surface area contributed by atoms with Crippen LogP contribution in [0.15, 0.2) is 54.7 Å². The second-order valence-corrected chi connectivity index (χ2v) is 10.9. The molecule has 0 unspecified atom stereocenters. The first-order valence-corrected chi connectivity index (χ1v) is 13.3. The number of hydrogen-bond donors (Lipinski definition) is 2. The van der Waals surface area contributed by atoms with Gasteiger partial charge < -0.3 is 25.6 Å². The first-order chi connectivity index (χ1) is 18.6. The number of primary amides is 1. The predicted octanol–water partition coefficient (Wildman–Crippen LogP) is 4.40. The maximum Gasteiger partial charge on any atom is 0.410 e. The Kier molecular flexibility index (Phi) is 8.69. The number of rotatable bonds is 8. The third kappa shape index (κ3) is 7.92. The first-order valence-electron chi connectivity index (χ1n) is 13.3. The van der Waals surface area contributed by atoms with Crippen LogP contribution in [0.2, 0.25) is 0 Å². The minimum absolute atomic E-state index is 0.237. The van der Waals surface area contributed by atoms with Crippen molar-refractivity contribution in [1.82, 2.24) is 14.9 Å². The lowest BCUT2D eigenvalue weighted by atomic mass is 9.98. The molecule has 0 aliphatic carbocycles. The van der Waals surface area contributed by atoms with Crippen LogP contribution in [0.25, 0.3) is 0 Å². The molecule has 3 N–H and O–H groups in total. The van der Waals surface area contributed by atoms with E-state index in [0.29, 0.717) is 19.0 Å². The number of amides is 2. The van der Waals surface area contributed by atoms with Crippen molar-refractivity contribution >= 4 is 29.3 Å². The van der Waals surface area contributed by atoms with Crippen LogP contribution in [0.5, 0.6) is 0 Å². The van der Waals surface area contributed by atoms with E-state index in [9.17, 15) is 9.59 Å². The summed E-state index contributed by atoms with van der Waals surface area (Å²) in [5, 5.41) is 3.31. The molecule has 2 aromatic carbocycles. The van der Waals surface area contributed by atoms with E-state index in [1.807, 2.05) is 70.3 Å². The van der Waals surface area contributed by atoms with Crippen LogP contribution in [0.3, 0.4) is 0 Å². The molecule has 0 saturated carbocycles. The molecular formula is C30H38N6O3. The number of aryl methyl sites for hydroxylation is 3. The van der Waals surface area contributed by atoms with Gasteiger partial charge in [-0.1, -0.05) is 24.3 Å². The molecule has 9 nitrogen and oxygen atoms in total. The second kappa shape index (κ2) is 12.1. The number of nitrogens with zero attached hydrogens (tertiary/aromatic N) is 4. The fraction of sp³-hybridized carbons (Fsp3) is 0.400. The van der Waals surface area contributed by atoms with Crippen molar-refractivity contribution < 1.29 is 14.3 Å². The second-order valence-electron chi connectivity index (χ2n) is 10.9. The highest BCUT2D eigenvalue weighted by Gasteiger charge is 2.26. The van der Waals surface area contributed by atoms with Gasteiger partial charge in [-0.05, 0) is 81.5 Å². The molecule has 0 radical (unpaired) electrons. The summed E-state index contributed by atoms with van der Waals surface area (Å²) in [6, 6.07) is 16.0. The van der Waals surface area contributed by atoms with Gasteiger partial charge in [-0.3, -0.25) is 4.79 Å². The van der Waals surface area contributed by atoms with Gasteiger partial charge in [-0.2, -0.15) is 0 Å². The fourth-order valence-corrected chi connectivity index (χ4v) is 4.56. The highest BCUT2D eigenvalue weighted by Crippen LogP contribution is 2.23. The van der Waals surface area contributed by atoms with Gasteiger partial charge in [0.2, 0.25) is 11.9 Å². The summed E-state index contributed by atoms with van der Waals surface area (Å²) in [6.07, 6.45) is 3.30. The van der Waals surface area contributed by atoms with Crippen molar-refractivity contribution in [2.75, 3.05) is 36.4 Å². The van der Waals surface area contributed by atoms with Crippen LogP contribution in [0.4, 0.5) is 22.1 Å². The number of benzene rings is 2. The molecule has 1 fully saturated rings. The van der Waals surface area contributed by atoms with Gasteiger partial charge in [0.15, 0.2) is 0 Å². The van der Waals surface area contributed by atoms with Crippen molar-refractivity contribution in [3.05, 3.63) is 77.1 Å². The minimum atomic E-state index is -0.490. The number of nitrogens with one attached hydrogen (secondary N) is 1. The third-order valence-corrected chi connectivity index (χ3v) is 6.61. The summed E-state index contributed by atoms with van der Waals surface area (Å²) in [7, 11) is 0. The lowest BCUT2D eigenvalue weighted by Gasteiger charge is -2.36. The zero-order chi connectivity index (χ0) is 28.0. The van der Waals surface area contributed by atoms with E-state index in [-0.39, 0.29) is 18.4 Å². The van der Waals surface area contributed by atoms with Gasteiger partial charge in [-0.25, -0.2) is 14.8 Å². The van der Waals surface area contributed by atoms with Gasteiger partial charge >= 0.3 is 6.09 Å². The van der Waals surface area contributed by atoms with E-state index in [1.54, 1.807) is 4.90 Å². The molecule has 0 bridgehead atoms. The standard InChI is InChI=1S/C30H38N6O3/c1-21-20-32-28(34-26(21)14-9-22-7-5-6-8-23(22)19-27(31)37)33-24-10-12-25(13-11-24)35-15-17-36(18-16-35)29(38)39-30(2,3)4/h5-8,10-13,20H,9,14-19H2,1-4H3,(H2,31,37)(H,32,33,34). The molecule has 3 aromatic rings. The predicted molar refractivity (Wildman–Crippen MR) is 153 cm³/mol. The molecule has 4 rings (SSSR count). The number of piperazine rings is 1. The Bertz CT molecular complexity index is 1290. The average Bonchev–Trinajstić information content (AvgIpc) is 2.89. The van der Waals surface area contributed by atoms with Crippen LogP contribution in [0, 0.1) is 6.92 Å². The summed E-state index contributed by atoms with van der Waals surface area (Å²) >= 11 is 0. The topological polar surface area (TPSA) is 114 Å². The van der Waals surface area contributed by atoms with Crippen LogP contribution in [0.1, 0.15) is 43.2 Å². The molecule has 206 valence electrons. The number of carbonyl (C=O) groups excluding carboxylic acids is 2. The van der Waals surface area contributed by atoms with E-state index in [4.69, 9.17) is 15.5 Å². The Balaban J connectivity index is 1.34. The molecule has 2 amide bonds. The molecule has 39 heavy (non-hydrogen) atoms. The number of hydrogen-bond acceptors (Lipinski definition) is 7. The number of carbonyl (C=O) groups is 2. The molecule has 0 spiro atoms. The summed E-state index contributed by atoms with van der Waals surface area (Å²) in [5.41, 5.74) is 11.0. The van der Waals surface area contributed by atoms with E-state index >= 15 is 0 Å². The largest absolute Gasteiger partial charge is 0.444 e. The monoisotopic (exact) mass is 530 g/mol. The van der Waals surface area contributed by atoms with Crippen molar-refractivity contribution in [3.63, 3.8) is 0 Å². The highest BCUT2D eigenvalue weighted by atomic mass is 16.6. The van der Waals surface area contributed by atoms with Crippen LogP contribution >= 0.6 is 0 Å². The Morgan fingerprint density at radius 3 is 2.28 bits per heavy atom. The normalized spacial score (nSPS) is 13.7. The van der Waals surface area contributed by atoms with Crippen LogP contribution in [-0.4, -0.2) is 58.6 Å². The van der Waals surface area contributed by atoms with E-state index < -0.39 is 5.60 Å². The quantitative estimate of drug-likeness (QED) is 0.444. The number of ether oxygens (including phenoxy) is 1. The lowest BCUT2D eigenvalue weighted by molar-refractivity contribution is -0.117. The maximum atomic E-state index is 12.3. The van der Waals surface area contributed by atoms with Crippen LogP contribution in [-0.2, 0) is 28.8 Å². The van der Waals surface area contributed by atoms with Gasteiger partial charge in [-0.15, -0.1) is 0 Å². The van der Waals surface area contributed by atoms with Crippen molar-refractivity contribution in [1.29, 1.82) is 0 Å². The summed E-state index contributed by atoms with van der Waals surface area (Å²) < 4.78 is 5.49. The Morgan fingerprint density at radius 1 is 0.974 bits per heavy atom. The Hall–Kier alpha value is -4.14. The Morgan fingerprint density at radius 2 is 1.64 bits per heavy atom. The molecule has 9 heteroatoms. The summed E-state index contributed by atoms with van der Waals surface area (Å²) in [6.45, 7) is 10.4. The molecular weight excluding hydrogens is 492 g/mol. The molecule has 1 saturated heterocycles. The summed E-state index contributed by atoms with van der Waals surface area (Å²) in [4.78, 5) is 37.0. The highest BCUT2D eigenvalue weighted by molar-refractivity contribution is 5.77. The Labute approximate surface area is 230 Å². The zero-order valence-corrected chi connectivity index (χ0v) is 23.2. The molecule has 1 aromatic heterocycles. The van der Waals surface area contributed by atoms with Crippen molar-refractivity contribution in [2.24, 2.45) is 5.73 Å². The smallest absolute Gasteiger partial charge is 0.410 e. The molecule has 1 aliphatic heterocycles. The molecule has 2 heterocycles. The third-order valence-electron chi connectivity index (χ3n) is 6.61. The van der Waals surface area contributed by atoms with E-state index in [0.717, 1.165) is 59.7 Å². The van der Waals surface area contributed by atoms with E-state index in [2.05, 4.69) is 27.3 Å². The first kappa shape index (κ1) is 27.9. The molecule has 0 atom stereocenters. The van der Waals surface area contributed by atoms with Crippen LogP contribution < -0.4 is 16.0 Å². The minimum Gasteiger partial charge on any atom is -0.444 e. The maximum absolute atomic E-state index is 12.3. The SMILES string of the molecule is Cc1cnc(Nc2ccc(N3CCN(C(=O)OC(C)(C)C)CC3)cc2)nc1CCc1ccccc1CC(N)=O. The number of nitrogens with two attached hydrogens (primary N) is 1. The van der Waals surface area contributed by atoms with Gasteiger partial charge in [0, 0.05) is 49.4 Å². The van der Waals surface area contributed by atoms with E-state index in [1.165, 1.54) is 0 Å². The van der Waals surface area contributed by atoms with Gasteiger partial charge in [0.25, 0.3) is 0 Å². The van der Waals surface area contributed by atoms with Gasteiger partial charge in [0.1, 0.15) is 5.60 Å². The van der Waals surface area contributed by atoms with Crippen molar-refractivity contribution in [3.8, 4) is 0 Å². The molecule has 1 aliphatic rings.